The van der Waals surface area contributed by atoms with Crippen LogP contribution in [0.5, 0.6) is 17.2 Å². The van der Waals surface area contributed by atoms with Gasteiger partial charge in [0.2, 0.25) is 10.5 Å². The summed E-state index contributed by atoms with van der Waals surface area (Å²) in [4.78, 5) is 0. The quantitative estimate of drug-likeness (QED) is 0.655. The van der Waals surface area contributed by atoms with E-state index in [4.69, 9.17) is 21.7 Å². The molecule has 0 saturated heterocycles. The van der Waals surface area contributed by atoms with Crippen molar-refractivity contribution in [2.75, 3.05) is 14.2 Å². The number of nitrogens with one attached hydrogen (secondary N) is 1. The Labute approximate surface area is 114 Å². The van der Waals surface area contributed by atoms with Crippen LogP contribution in [0.25, 0.3) is 0 Å². The van der Waals surface area contributed by atoms with E-state index < -0.39 is 0 Å². The van der Waals surface area contributed by atoms with Crippen molar-refractivity contribution < 1.29 is 14.6 Å². The number of aromatic amines is 1. The third kappa shape index (κ3) is 2.74. The number of phenols is 1. The normalized spacial score (nSPS) is 10.8. The lowest BCUT2D eigenvalue weighted by Gasteiger charge is -2.09. The minimum Gasteiger partial charge on any atom is -0.502 e. The smallest absolute Gasteiger partial charge is 0.216 e. The van der Waals surface area contributed by atoms with Crippen molar-refractivity contribution in [1.29, 1.82) is 0 Å². The van der Waals surface area contributed by atoms with Crippen molar-refractivity contribution in [2.24, 2.45) is 5.10 Å². The molecule has 19 heavy (non-hydrogen) atoms. The van der Waals surface area contributed by atoms with Gasteiger partial charge in [0.15, 0.2) is 11.5 Å². The fraction of sp³-hybridized carbons (Fsp3) is 0.182. The topological polar surface area (TPSA) is 84.7 Å². The van der Waals surface area contributed by atoms with Crippen molar-refractivity contribution in [3.05, 3.63) is 28.8 Å². The summed E-state index contributed by atoms with van der Waals surface area (Å²) in [6.45, 7) is 0. The number of methoxy groups -OCH3 is 2. The molecule has 1 heterocycles. The Hall–Kier alpha value is -2.35. The second kappa shape index (κ2) is 5.53. The third-order valence-corrected chi connectivity index (χ3v) is 2.65. The number of nitrogens with zero attached hydrogens (tertiary/aromatic N) is 3. The fourth-order valence-corrected chi connectivity index (χ4v) is 1.59. The molecule has 0 atom stereocenters. The van der Waals surface area contributed by atoms with Gasteiger partial charge >= 0.3 is 0 Å². The number of hydrogen-bond acceptors (Lipinski definition) is 6. The van der Waals surface area contributed by atoms with E-state index in [-0.39, 0.29) is 5.75 Å². The van der Waals surface area contributed by atoms with E-state index >= 15 is 0 Å². The summed E-state index contributed by atoms with van der Waals surface area (Å²) >= 11 is 4.96. The van der Waals surface area contributed by atoms with Crippen LogP contribution < -0.4 is 9.47 Å². The molecule has 7 nitrogen and oxygen atoms in total. The molecular formula is C11H12N4O3S. The van der Waals surface area contributed by atoms with E-state index in [1.165, 1.54) is 25.2 Å². The minimum atomic E-state index is -0.0536. The predicted molar refractivity (Wildman–Crippen MR) is 71.6 cm³/mol. The SMILES string of the molecule is COc1cc(/C=N\n2cn[nH]c2=S)cc(OC)c1O. The maximum absolute atomic E-state index is 9.78. The van der Waals surface area contributed by atoms with Crippen LogP contribution in [0, 0.1) is 4.77 Å². The molecule has 1 aromatic heterocycles. The van der Waals surface area contributed by atoms with E-state index in [0.717, 1.165) is 0 Å². The molecule has 0 aliphatic carbocycles. The first-order valence-corrected chi connectivity index (χ1v) is 5.68. The van der Waals surface area contributed by atoms with E-state index in [2.05, 4.69) is 15.3 Å². The molecule has 8 heteroatoms. The summed E-state index contributed by atoms with van der Waals surface area (Å²) in [6, 6.07) is 3.26. The first kappa shape index (κ1) is 13.1. The van der Waals surface area contributed by atoms with E-state index in [1.54, 1.807) is 18.3 Å². The van der Waals surface area contributed by atoms with Gasteiger partial charge in [-0.1, -0.05) is 0 Å². The maximum atomic E-state index is 9.78. The summed E-state index contributed by atoms with van der Waals surface area (Å²) in [6.07, 6.45) is 3.00. The number of hydrogen-bond donors (Lipinski definition) is 2. The van der Waals surface area contributed by atoms with Crippen LogP contribution in [-0.2, 0) is 0 Å². The first-order chi connectivity index (χ1) is 9.15. The van der Waals surface area contributed by atoms with Gasteiger partial charge in [-0.15, -0.1) is 0 Å². The summed E-state index contributed by atoms with van der Waals surface area (Å²) in [5.74, 6) is 0.551. The number of aromatic nitrogens is 3. The van der Waals surface area contributed by atoms with Crippen LogP contribution in [0.15, 0.2) is 23.6 Å². The van der Waals surface area contributed by atoms with Gasteiger partial charge in [0.05, 0.1) is 20.4 Å². The summed E-state index contributed by atoms with van der Waals surface area (Å²) in [7, 11) is 2.92. The van der Waals surface area contributed by atoms with Crippen LogP contribution in [-0.4, -0.2) is 40.4 Å². The molecule has 0 unspecified atom stereocenters. The molecule has 0 fully saturated rings. The molecule has 0 bridgehead atoms. The zero-order chi connectivity index (χ0) is 13.8. The molecule has 0 amide bonds. The van der Waals surface area contributed by atoms with Gasteiger partial charge in [0, 0.05) is 5.56 Å². The van der Waals surface area contributed by atoms with Crippen molar-refractivity contribution in [2.45, 2.75) is 0 Å². The minimum absolute atomic E-state index is 0.0536. The van der Waals surface area contributed by atoms with Crippen LogP contribution in [0.4, 0.5) is 0 Å². The lowest BCUT2D eigenvalue weighted by molar-refractivity contribution is 0.340. The number of rotatable bonds is 4. The van der Waals surface area contributed by atoms with E-state index in [9.17, 15) is 5.11 Å². The van der Waals surface area contributed by atoms with Crippen molar-refractivity contribution in [3.8, 4) is 17.2 Å². The number of phenolic OH excluding ortho intramolecular Hbond substituents is 1. The lowest BCUT2D eigenvalue weighted by atomic mass is 10.2. The van der Waals surface area contributed by atoms with Gasteiger partial charge in [0.1, 0.15) is 6.33 Å². The standard InChI is InChI=1S/C11H12N4O3S/c1-17-8-3-7(4-9(18-2)10(8)16)5-13-15-6-12-14-11(15)19/h3-6,16H,1-2H3,(H,14,19)/b13-5-. The number of H-pyrrole nitrogens is 1. The highest BCUT2D eigenvalue weighted by atomic mass is 32.1. The van der Waals surface area contributed by atoms with Gasteiger partial charge in [-0.3, -0.25) is 5.10 Å². The summed E-state index contributed by atoms with van der Waals surface area (Å²) in [5, 5.41) is 20.2. The number of benzene rings is 1. The lowest BCUT2D eigenvalue weighted by Crippen LogP contribution is -1.94. The summed E-state index contributed by atoms with van der Waals surface area (Å²) in [5.41, 5.74) is 0.689. The Bertz CT molecular complexity index is 637. The highest BCUT2D eigenvalue weighted by Gasteiger charge is 2.10. The van der Waals surface area contributed by atoms with Crippen molar-refractivity contribution >= 4 is 18.4 Å². The Morgan fingerprint density at radius 2 is 2.00 bits per heavy atom. The molecule has 2 rings (SSSR count). The zero-order valence-corrected chi connectivity index (χ0v) is 11.1. The van der Waals surface area contributed by atoms with Gasteiger partial charge < -0.3 is 14.6 Å². The van der Waals surface area contributed by atoms with Gasteiger partial charge in [-0.25, -0.2) is 0 Å². The van der Waals surface area contributed by atoms with E-state index in [1.807, 2.05) is 0 Å². The Morgan fingerprint density at radius 1 is 1.37 bits per heavy atom. The average Bonchev–Trinajstić information content (AvgIpc) is 2.83. The molecule has 1 aromatic carbocycles. The second-order valence-electron chi connectivity index (χ2n) is 3.52. The van der Waals surface area contributed by atoms with Crippen molar-refractivity contribution in [1.82, 2.24) is 14.9 Å². The predicted octanol–water partition coefficient (Wildman–Crippen LogP) is 1.55. The monoisotopic (exact) mass is 280 g/mol. The molecule has 100 valence electrons. The second-order valence-corrected chi connectivity index (χ2v) is 3.91. The first-order valence-electron chi connectivity index (χ1n) is 5.27. The third-order valence-electron chi connectivity index (χ3n) is 2.37. The number of ether oxygens (including phenoxy) is 2. The van der Waals surface area contributed by atoms with Crippen molar-refractivity contribution in [3.63, 3.8) is 0 Å². The highest BCUT2D eigenvalue weighted by molar-refractivity contribution is 7.71. The molecule has 2 aromatic rings. The number of aromatic hydroxyl groups is 1. The zero-order valence-electron chi connectivity index (χ0n) is 10.3. The molecular weight excluding hydrogens is 268 g/mol. The maximum Gasteiger partial charge on any atom is 0.216 e. The Balaban J connectivity index is 2.38. The van der Waals surface area contributed by atoms with Crippen LogP contribution in [0.3, 0.4) is 0 Å². The van der Waals surface area contributed by atoms with Gasteiger partial charge in [-0.2, -0.15) is 14.9 Å². The fourth-order valence-electron chi connectivity index (χ4n) is 1.44. The average molecular weight is 280 g/mol. The van der Waals surface area contributed by atoms with Crippen LogP contribution in [0.1, 0.15) is 5.56 Å². The molecule has 0 spiro atoms. The van der Waals surface area contributed by atoms with Crippen LogP contribution >= 0.6 is 12.2 Å². The Kier molecular flexibility index (Phi) is 3.81. The molecule has 0 aliphatic heterocycles. The van der Waals surface area contributed by atoms with Crippen LogP contribution in [0.2, 0.25) is 0 Å². The summed E-state index contributed by atoms with van der Waals surface area (Å²) < 4.78 is 11.9. The van der Waals surface area contributed by atoms with Gasteiger partial charge in [-0.05, 0) is 24.4 Å². The largest absolute Gasteiger partial charge is 0.502 e. The molecule has 0 aliphatic rings. The Morgan fingerprint density at radius 3 is 2.47 bits per heavy atom. The molecule has 0 saturated carbocycles. The van der Waals surface area contributed by atoms with E-state index in [0.29, 0.717) is 21.8 Å². The highest BCUT2D eigenvalue weighted by Crippen LogP contribution is 2.36. The molecule has 2 N–H and O–H groups in total. The molecule has 0 radical (unpaired) electrons. The van der Waals surface area contributed by atoms with Gasteiger partial charge in [0.25, 0.3) is 0 Å².